The van der Waals surface area contributed by atoms with Gasteiger partial charge in [-0.1, -0.05) is 23.7 Å². The molecule has 0 unspecified atom stereocenters. The summed E-state index contributed by atoms with van der Waals surface area (Å²) < 4.78 is 0. The zero-order valence-corrected chi connectivity index (χ0v) is 11.2. The Bertz CT molecular complexity index is 675. The van der Waals surface area contributed by atoms with E-state index < -0.39 is 5.97 Å². The van der Waals surface area contributed by atoms with Crippen LogP contribution >= 0.6 is 11.6 Å². The van der Waals surface area contributed by atoms with Gasteiger partial charge in [0.05, 0.1) is 16.1 Å². The Kier molecular flexibility index (Phi) is 4.24. The average molecular weight is 287 g/mol. The molecule has 0 aliphatic carbocycles. The van der Waals surface area contributed by atoms with Gasteiger partial charge < -0.3 is 10.4 Å². The summed E-state index contributed by atoms with van der Waals surface area (Å²) >= 11 is 5.85. The largest absolute Gasteiger partial charge is 0.478 e. The maximum absolute atomic E-state index is 10.7. The lowest BCUT2D eigenvalue weighted by Gasteiger charge is -2.07. The minimum absolute atomic E-state index is 0.256. The zero-order valence-electron chi connectivity index (χ0n) is 10.4. The second kappa shape index (κ2) is 6.09. The van der Waals surface area contributed by atoms with E-state index >= 15 is 0 Å². The quantitative estimate of drug-likeness (QED) is 0.902. The van der Waals surface area contributed by atoms with E-state index in [1.54, 1.807) is 42.5 Å². The van der Waals surface area contributed by atoms with Crippen LogP contribution in [0.5, 0.6) is 0 Å². The van der Waals surface area contributed by atoms with Crippen molar-refractivity contribution in [2.45, 2.75) is 6.54 Å². The van der Waals surface area contributed by atoms with Crippen molar-refractivity contribution in [1.29, 1.82) is 5.26 Å². The van der Waals surface area contributed by atoms with Crippen LogP contribution in [0.2, 0.25) is 5.02 Å². The Hall–Kier alpha value is -2.51. The molecule has 0 heterocycles. The molecule has 0 fully saturated rings. The van der Waals surface area contributed by atoms with Crippen LogP contribution in [0.1, 0.15) is 21.5 Å². The molecule has 0 radical (unpaired) electrons. The molecule has 0 aliphatic heterocycles. The number of halogens is 1. The number of carbonyl (C=O) groups is 1. The van der Waals surface area contributed by atoms with Crippen molar-refractivity contribution in [3.05, 3.63) is 64.2 Å². The van der Waals surface area contributed by atoms with Gasteiger partial charge in [0.25, 0.3) is 0 Å². The number of benzene rings is 2. The van der Waals surface area contributed by atoms with Crippen molar-refractivity contribution in [3.63, 3.8) is 0 Å². The average Bonchev–Trinajstić information content (AvgIpc) is 2.46. The summed E-state index contributed by atoms with van der Waals surface area (Å²) in [7, 11) is 0. The van der Waals surface area contributed by atoms with Gasteiger partial charge in [-0.25, -0.2) is 4.79 Å². The summed E-state index contributed by atoms with van der Waals surface area (Å²) in [6.45, 7) is 0.534. The first-order chi connectivity index (χ1) is 9.60. The number of carboxylic acids is 1. The van der Waals surface area contributed by atoms with Crippen molar-refractivity contribution in [2.75, 3.05) is 5.32 Å². The first-order valence-electron chi connectivity index (χ1n) is 5.86. The Morgan fingerprint density at radius 3 is 2.55 bits per heavy atom. The number of rotatable bonds is 4. The van der Waals surface area contributed by atoms with Gasteiger partial charge in [0.1, 0.15) is 6.07 Å². The second-order valence-corrected chi connectivity index (χ2v) is 4.57. The van der Waals surface area contributed by atoms with E-state index in [9.17, 15) is 4.79 Å². The van der Waals surface area contributed by atoms with E-state index in [-0.39, 0.29) is 5.56 Å². The Balaban J connectivity index is 2.05. The smallest absolute Gasteiger partial charge is 0.335 e. The molecule has 2 aromatic rings. The van der Waals surface area contributed by atoms with Crippen molar-refractivity contribution in [1.82, 2.24) is 0 Å². The second-order valence-electron chi connectivity index (χ2n) is 4.16. The highest BCUT2D eigenvalue weighted by molar-refractivity contribution is 6.31. The maximum atomic E-state index is 10.7. The molecule has 0 spiro atoms. The minimum Gasteiger partial charge on any atom is -0.478 e. The standard InChI is InChI=1S/C15H11ClN2O2/c16-14-6-5-13(7-12(14)8-17)18-9-10-1-3-11(4-2-10)15(19)20/h1-7,18H,9H2,(H,19,20). The van der Waals surface area contributed by atoms with E-state index in [0.717, 1.165) is 11.3 Å². The number of nitriles is 1. The van der Waals surface area contributed by atoms with E-state index in [1.165, 1.54) is 0 Å². The summed E-state index contributed by atoms with van der Waals surface area (Å²) in [4.78, 5) is 10.7. The molecule has 0 bridgehead atoms. The van der Waals surface area contributed by atoms with Crippen molar-refractivity contribution in [2.24, 2.45) is 0 Å². The van der Waals surface area contributed by atoms with Crippen LogP contribution < -0.4 is 5.32 Å². The van der Waals surface area contributed by atoms with Crippen LogP contribution in [-0.2, 0) is 6.54 Å². The highest BCUT2D eigenvalue weighted by Gasteiger charge is 2.03. The first kappa shape index (κ1) is 13.9. The van der Waals surface area contributed by atoms with E-state index in [1.807, 2.05) is 6.07 Å². The summed E-state index contributed by atoms with van der Waals surface area (Å²) in [6.07, 6.45) is 0. The SMILES string of the molecule is N#Cc1cc(NCc2ccc(C(=O)O)cc2)ccc1Cl. The molecule has 2 aromatic carbocycles. The van der Waals surface area contributed by atoms with E-state index in [4.69, 9.17) is 22.0 Å². The molecule has 0 saturated heterocycles. The zero-order chi connectivity index (χ0) is 14.5. The molecule has 0 aromatic heterocycles. The molecule has 5 heteroatoms. The van der Waals surface area contributed by atoms with Crippen molar-refractivity contribution >= 4 is 23.3 Å². The van der Waals surface area contributed by atoms with Gasteiger partial charge in [0.15, 0.2) is 0 Å². The Labute approximate surface area is 121 Å². The predicted molar refractivity (Wildman–Crippen MR) is 76.9 cm³/mol. The fourth-order valence-corrected chi connectivity index (χ4v) is 1.85. The van der Waals surface area contributed by atoms with Gasteiger partial charge in [-0.2, -0.15) is 5.26 Å². The number of hydrogen-bond donors (Lipinski definition) is 2. The number of nitrogens with one attached hydrogen (secondary N) is 1. The number of nitrogens with zero attached hydrogens (tertiary/aromatic N) is 1. The van der Waals surface area contributed by atoms with Gasteiger partial charge in [0.2, 0.25) is 0 Å². The monoisotopic (exact) mass is 286 g/mol. The molecule has 20 heavy (non-hydrogen) atoms. The van der Waals surface area contributed by atoms with Gasteiger partial charge >= 0.3 is 5.97 Å². The molecule has 2 N–H and O–H groups in total. The molecule has 0 aliphatic rings. The lowest BCUT2D eigenvalue weighted by molar-refractivity contribution is 0.0697. The van der Waals surface area contributed by atoms with Gasteiger partial charge in [-0.15, -0.1) is 0 Å². The Morgan fingerprint density at radius 1 is 1.25 bits per heavy atom. The van der Waals surface area contributed by atoms with Crippen LogP contribution in [0.25, 0.3) is 0 Å². The van der Waals surface area contributed by atoms with E-state index in [2.05, 4.69) is 5.32 Å². The minimum atomic E-state index is -0.944. The van der Waals surface area contributed by atoms with Crippen LogP contribution in [0.15, 0.2) is 42.5 Å². The molecular weight excluding hydrogens is 276 g/mol. The van der Waals surface area contributed by atoms with Crippen LogP contribution in [0, 0.1) is 11.3 Å². The topological polar surface area (TPSA) is 73.1 Å². The highest BCUT2D eigenvalue weighted by atomic mass is 35.5. The summed E-state index contributed by atoms with van der Waals surface area (Å²) in [5.74, 6) is -0.944. The van der Waals surface area contributed by atoms with Gasteiger partial charge in [-0.05, 0) is 35.9 Å². The third kappa shape index (κ3) is 3.28. The number of anilines is 1. The lowest BCUT2D eigenvalue weighted by Crippen LogP contribution is -2.01. The summed E-state index contributed by atoms with van der Waals surface area (Å²) in [6, 6.07) is 13.8. The summed E-state index contributed by atoms with van der Waals surface area (Å²) in [5, 5.41) is 21.3. The third-order valence-corrected chi connectivity index (χ3v) is 3.11. The summed E-state index contributed by atoms with van der Waals surface area (Å²) in [5.41, 5.74) is 2.40. The highest BCUT2D eigenvalue weighted by Crippen LogP contribution is 2.20. The number of carboxylic acid groups (broad SMARTS) is 1. The first-order valence-corrected chi connectivity index (χ1v) is 6.23. The molecule has 0 amide bonds. The maximum Gasteiger partial charge on any atom is 0.335 e. The Morgan fingerprint density at radius 2 is 1.95 bits per heavy atom. The third-order valence-electron chi connectivity index (χ3n) is 2.78. The normalized spacial score (nSPS) is 9.80. The van der Waals surface area contributed by atoms with E-state index in [0.29, 0.717) is 17.1 Å². The lowest BCUT2D eigenvalue weighted by atomic mass is 10.1. The van der Waals surface area contributed by atoms with Crippen LogP contribution in [0.4, 0.5) is 5.69 Å². The van der Waals surface area contributed by atoms with Crippen LogP contribution in [0.3, 0.4) is 0 Å². The van der Waals surface area contributed by atoms with Crippen molar-refractivity contribution in [3.8, 4) is 6.07 Å². The molecule has 4 nitrogen and oxygen atoms in total. The fourth-order valence-electron chi connectivity index (χ4n) is 1.69. The molecule has 0 saturated carbocycles. The molecule has 0 atom stereocenters. The predicted octanol–water partition coefficient (Wildman–Crippen LogP) is 3.52. The van der Waals surface area contributed by atoms with Crippen molar-refractivity contribution < 1.29 is 9.90 Å². The number of hydrogen-bond acceptors (Lipinski definition) is 3. The van der Waals surface area contributed by atoms with Gasteiger partial charge in [0, 0.05) is 12.2 Å². The molecule has 2 rings (SSSR count). The fraction of sp³-hybridized carbons (Fsp3) is 0.0667. The number of aromatic carboxylic acids is 1. The molecular formula is C15H11ClN2O2. The van der Waals surface area contributed by atoms with Crippen LogP contribution in [-0.4, -0.2) is 11.1 Å². The molecule has 100 valence electrons. The van der Waals surface area contributed by atoms with Gasteiger partial charge in [-0.3, -0.25) is 0 Å².